The number of amides is 1. The second-order valence-electron chi connectivity index (χ2n) is 4.98. The fourth-order valence-electron chi connectivity index (χ4n) is 1.51. The molecule has 100 valence electrons. The van der Waals surface area contributed by atoms with Crippen LogP contribution >= 0.6 is 0 Å². The Labute approximate surface area is 102 Å². The van der Waals surface area contributed by atoms with Crippen LogP contribution in [-0.4, -0.2) is 66.2 Å². The van der Waals surface area contributed by atoms with Crippen LogP contribution in [0.25, 0.3) is 0 Å². The topological polar surface area (TPSA) is 62.2 Å². The van der Waals surface area contributed by atoms with Gasteiger partial charge in [-0.2, -0.15) is 5.06 Å². The minimum atomic E-state index is -0.516. The van der Waals surface area contributed by atoms with Gasteiger partial charge in [-0.3, -0.25) is 9.74 Å². The average molecular weight is 246 g/mol. The summed E-state index contributed by atoms with van der Waals surface area (Å²) in [5, 5.41) is 10.1. The number of carbonyl (C=O) groups is 1. The number of nitrogens with zero attached hydrogens (tertiary/aromatic N) is 2. The number of rotatable bonds is 2. The second-order valence-corrected chi connectivity index (χ2v) is 4.98. The summed E-state index contributed by atoms with van der Waals surface area (Å²) in [5.41, 5.74) is -0.516. The van der Waals surface area contributed by atoms with E-state index >= 15 is 0 Å². The maximum absolute atomic E-state index is 11.7. The summed E-state index contributed by atoms with van der Waals surface area (Å²) in [5.74, 6) is 0. The maximum atomic E-state index is 11.7. The second kappa shape index (κ2) is 6.18. The van der Waals surface area contributed by atoms with Crippen LogP contribution in [0.15, 0.2) is 0 Å². The monoisotopic (exact) mass is 246 g/mol. The molecule has 0 aromatic carbocycles. The Balaban J connectivity index is 2.43. The first-order chi connectivity index (χ1) is 7.92. The summed E-state index contributed by atoms with van der Waals surface area (Å²) in [4.78, 5) is 19.1. The van der Waals surface area contributed by atoms with Crippen LogP contribution in [0.2, 0.25) is 0 Å². The van der Waals surface area contributed by atoms with Crippen LogP contribution in [-0.2, 0) is 9.57 Å². The molecule has 17 heavy (non-hydrogen) atoms. The number of hydrogen-bond acceptors (Lipinski definition) is 5. The molecule has 1 amide bonds. The minimum absolute atomic E-state index is 0.117. The lowest BCUT2D eigenvalue weighted by Crippen LogP contribution is -2.38. The van der Waals surface area contributed by atoms with Crippen molar-refractivity contribution in [3.8, 4) is 0 Å². The van der Waals surface area contributed by atoms with Gasteiger partial charge in [0.2, 0.25) is 0 Å². The summed E-state index contributed by atoms with van der Waals surface area (Å²) >= 11 is 0. The molecule has 0 aromatic heterocycles. The Kier molecular flexibility index (Phi) is 5.17. The van der Waals surface area contributed by atoms with Crippen LogP contribution in [0, 0.1) is 0 Å². The van der Waals surface area contributed by atoms with E-state index in [0.29, 0.717) is 32.8 Å². The van der Waals surface area contributed by atoms with Gasteiger partial charge in [-0.05, 0) is 20.8 Å². The molecule has 1 rings (SSSR count). The molecule has 1 aliphatic heterocycles. The molecule has 6 nitrogen and oxygen atoms in total. The van der Waals surface area contributed by atoms with Gasteiger partial charge >= 0.3 is 6.09 Å². The SMILES string of the molecule is CC(C)(C)OC(=O)N1CCN(CCO)CCO1. The number of hydrogen-bond donors (Lipinski definition) is 1. The molecular weight excluding hydrogens is 224 g/mol. The van der Waals surface area contributed by atoms with Gasteiger partial charge < -0.3 is 9.84 Å². The van der Waals surface area contributed by atoms with E-state index in [1.54, 1.807) is 0 Å². The Morgan fingerprint density at radius 1 is 1.35 bits per heavy atom. The van der Waals surface area contributed by atoms with E-state index in [9.17, 15) is 4.79 Å². The first kappa shape index (κ1) is 14.2. The fraction of sp³-hybridized carbons (Fsp3) is 0.909. The number of aliphatic hydroxyl groups excluding tert-OH is 1. The van der Waals surface area contributed by atoms with Crippen LogP contribution in [0.1, 0.15) is 20.8 Å². The van der Waals surface area contributed by atoms with Crippen molar-refractivity contribution in [1.82, 2.24) is 9.96 Å². The molecular formula is C11H22N2O4. The highest BCUT2D eigenvalue weighted by molar-refractivity contribution is 5.66. The summed E-state index contributed by atoms with van der Waals surface area (Å²) < 4.78 is 5.22. The van der Waals surface area contributed by atoms with Crippen molar-refractivity contribution < 1.29 is 19.5 Å². The lowest BCUT2D eigenvalue weighted by atomic mass is 10.2. The molecule has 0 aliphatic carbocycles. The molecule has 0 aromatic rings. The van der Waals surface area contributed by atoms with Crippen molar-refractivity contribution in [3.63, 3.8) is 0 Å². The third kappa shape index (κ3) is 5.34. The van der Waals surface area contributed by atoms with Crippen molar-refractivity contribution in [1.29, 1.82) is 0 Å². The van der Waals surface area contributed by atoms with Gasteiger partial charge in [-0.25, -0.2) is 4.79 Å². The zero-order valence-electron chi connectivity index (χ0n) is 10.8. The lowest BCUT2D eigenvalue weighted by molar-refractivity contribution is -0.137. The fourth-order valence-corrected chi connectivity index (χ4v) is 1.51. The molecule has 0 atom stereocenters. The van der Waals surface area contributed by atoms with Crippen LogP contribution in [0.5, 0.6) is 0 Å². The third-order valence-corrected chi connectivity index (χ3v) is 2.29. The zero-order valence-corrected chi connectivity index (χ0v) is 10.8. The van der Waals surface area contributed by atoms with Crippen molar-refractivity contribution in [2.45, 2.75) is 26.4 Å². The summed E-state index contributed by atoms with van der Waals surface area (Å²) in [6, 6.07) is 0. The number of ether oxygens (including phenoxy) is 1. The van der Waals surface area contributed by atoms with E-state index in [1.165, 1.54) is 5.06 Å². The van der Waals surface area contributed by atoms with Gasteiger partial charge in [0, 0.05) is 19.6 Å². The summed E-state index contributed by atoms with van der Waals surface area (Å²) in [6.07, 6.45) is -0.455. The zero-order chi connectivity index (χ0) is 12.9. The largest absolute Gasteiger partial charge is 0.442 e. The van der Waals surface area contributed by atoms with Gasteiger partial charge in [0.05, 0.1) is 19.8 Å². The molecule has 1 fully saturated rings. The Morgan fingerprint density at radius 3 is 2.65 bits per heavy atom. The van der Waals surface area contributed by atoms with E-state index in [1.807, 2.05) is 25.7 Å². The Hall–Kier alpha value is -0.850. The van der Waals surface area contributed by atoms with Crippen molar-refractivity contribution in [3.05, 3.63) is 0 Å². The highest BCUT2D eigenvalue weighted by Crippen LogP contribution is 2.11. The van der Waals surface area contributed by atoms with E-state index in [-0.39, 0.29) is 6.61 Å². The van der Waals surface area contributed by atoms with E-state index < -0.39 is 11.7 Å². The van der Waals surface area contributed by atoms with Crippen LogP contribution in [0.4, 0.5) is 4.79 Å². The van der Waals surface area contributed by atoms with Crippen LogP contribution in [0.3, 0.4) is 0 Å². The number of hydroxylamine groups is 2. The molecule has 0 spiro atoms. The first-order valence-corrected chi connectivity index (χ1v) is 5.89. The van der Waals surface area contributed by atoms with E-state index in [2.05, 4.69) is 0 Å². The Morgan fingerprint density at radius 2 is 2.06 bits per heavy atom. The van der Waals surface area contributed by atoms with Gasteiger partial charge in [0.15, 0.2) is 0 Å². The predicted octanol–water partition coefficient (Wildman–Crippen LogP) is 0.463. The van der Waals surface area contributed by atoms with Gasteiger partial charge in [-0.1, -0.05) is 0 Å². The molecule has 1 saturated heterocycles. The van der Waals surface area contributed by atoms with Crippen molar-refractivity contribution >= 4 is 6.09 Å². The number of β-amino-alcohol motifs (C(OH)–C–C–N with tert-alkyl or cyclic N) is 1. The molecule has 0 saturated carbocycles. The van der Waals surface area contributed by atoms with Gasteiger partial charge in [-0.15, -0.1) is 0 Å². The Bertz CT molecular complexity index is 252. The molecule has 6 heteroatoms. The quantitative estimate of drug-likeness (QED) is 0.767. The summed E-state index contributed by atoms with van der Waals surface area (Å²) in [7, 11) is 0. The molecule has 0 radical (unpaired) electrons. The highest BCUT2D eigenvalue weighted by Gasteiger charge is 2.25. The molecule has 0 bridgehead atoms. The standard InChI is InChI=1S/C11H22N2O4/c1-11(2,3)17-10(15)13-5-4-12(6-8-14)7-9-16-13/h14H,4-9H2,1-3H3. The van der Waals surface area contributed by atoms with Crippen molar-refractivity contribution in [2.75, 3.05) is 39.4 Å². The number of aliphatic hydroxyl groups is 1. The van der Waals surface area contributed by atoms with Gasteiger partial charge in [0.1, 0.15) is 5.60 Å². The van der Waals surface area contributed by atoms with Crippen LogP contribution < -0.4 is 0 Å². The average Bonchev–Trinajstić information content (AvgIpc) is 2.41. The van der Waals surface area contributed by atoms with Crippen molar-refractivity contribution in [2.24, 2.45) is 0 Å². The van der Waals surface area contributed by atoms with Gasteiger partial charge in [0.25, 0.3) is 0 Å². The highest BCUT2D eigenvalue weighted by atomic mass is 16.7. The lowest BCUT2D eigenvalue weighted by Gasteiger charge is -2.25. The third-order valence-electron chi connectivity index (χ3n) is 2.29. The number of carbonyl (C=O) groups excluding carboxylic acids is 1. The molecule has 1 heterocycles. The maximum Gasteiger partial charge on any atom is 0.434 e. The molecule has 1 N–H and O–H groups in total. The molecule has 0 unspecified atom stereocenters. The normalized spacial score (nSPS) is 18.9. The van der Waals surface area contributed by atoms with E-state index in [4.69, 9.17) is 14.7 Å². The summed E-state index contributed by atoms with van der Waals surface area (Å²) in [6.45, 7) is 8.45. The first-order valence-electron chi connectivity index (χ1n) is 5.89. The minimum Gasteiger partial charge on any atom is -0.442 e. The van der Waals surface area contributed by atoms with E-state index in [0.717, 1.165) is 0 Å². The smallest absolute Gasteiger partial charge is 0.434 e. The predicted molar refractivity (Wildman–Crippen MR) is 62.4 cm³/mol. The molecule has 1 aliphatic rings.